The summed E-state index contributed by atoms with van der Waals surface area (Å²) in [5.41, 5.74) is 2.81. The van der Waals surface area contributed by atoms with E-state index in [9.17, 15) is 4.79 Å². The summed E-state index contributed by atoms with van der Waals surface area (Å²) in [5.74, 6) is -0.0566. The van der Waals surface area contributed by atoms with Gasteiger partial charge in [0.05, 0.1) is 0 Å². The number of nitrogens with one attached hydrogen (secondary N) is 2. The zero-order chi connectivity index (χ0) is 17.2. The van der Waals surface area contributed by atoms with Crippen LogP contribution in [0.5, 0.6) is 0 Å². The van der Waals surface area contributed by atoms with Crippen molar-refractivity contribution < 1.29 is 4.79 Å². The first-order valence-corrected chi connectivity index (χ1v) is 8.90. The molecule has 2 aromatic carbocycles. The fourth-order valence-electron chi connectivity index (χ4n) is 3.42. The van der Waals surface area contributed by atoms with Crippen LogP contribution in [0.3, 0.4) is 0 Å². The van der Waals surface area contributed by atoms with Crippen LogP contribution >= 0.6 is 11.6 Å². The number of carbonyl (C=O) groups is 1. The van der Waals surface area contributed by atoms with Gasteiger partial charge in [0, 0.05) is 41.6 Å². The highest BCUT2D eigenvalue weighted by Crippen LogP contribution is 2.20. The Morgan fingerprint density at radius 2 is 2.04 bits per heavy atom. The second-order valence-electron chi connectivity index (χ2n) is 6.59. The molecule has 4 nitrogen and oxygen atoms in total. The van der Waals surface area contributed by atoms with Gasteiger partial charge in [-0.2, -0.15) is 0 Å². The minimum atomic E-state index is -0.0566. The number of H-pyrrole nitrogens is 1. The molecule has 2 N–H and O–H groups in total. The Balaban J connectivity index is 1.37. The monoisotopic (exact) mass is 353 g/mol. The van der Waals surface area contributed by atoms with Crippen LogP contribution in [-0.2, 0) is 6.54 Å². The van der Waals surface area contributed by atoms with E-state index in [2.05, 4.69) is 39.5 Å². The molecule has 0 saturated carbocycles. The average molecular weight is 354 g/mol. The van der Waals surface area contributed by atoms with Crippen molar-refractivity contribution in [1.82, 2.24) is 15.2 Å². The summed E-state index contributed by atoms with van der Waals surface area (Å²) < 4.78 is 0. The van der Waals surface area contributed by atoms with Crippen molar-refractivity contribution >= 4 is 28.4 Å². The molecule has 0 radical (unpaired) electrons. The molecule has 0 bridgehead atoms. The smallest absolute Gasteiger partial charge is 0.267 e. The molecule has 4 rings (SSSR count). The van der Waals surface area contributed by atoms with Crippen LogP contribution in [0.25, 0.3) is 10.9 Å². The average Bonchev–Trinajstić information content (AvgIpc) is 3.22. The highest BCUT2D eigenvalue weighted by molar-refractivity contribution is 6.31. The topological polar surface area (TPSA) is 48.1 Å². The lowest BCUT2D eigenvalue weighted by Crippen LogP contribution is -2.37. The zero-order valence-electron chi connectivity index (χ0n) is 13.8. The first-order valence-electron chi connectivity index (χ1n) is 8.53. The van der Waals surface area contributed by atoms with Crippen LogP contribution in [0.4, 0.5) is 0 Å². The summed E-state index contributed by atoms with van der Waals surface area (Å²) in [6, 6.07) is 18.1. The summed E-state index contributed by atoms with van der Waals surface area (Å²) in [4.78, 5) is 18.1. The highest BCUT2D eigenvalue weighted by Gasteiger charge is 2.24. The molecule has 1 amide bonds. The van der Waals surface area contributed by atoms with Crippen LogP contribution in [-0.4, -0.2) is 34.9 Å². The van der Waals surface area contributed by atoms with Gasteiger partial charge in [-0.15, -0.1) is 0 Å². The molecule has 0 spiro atoms. The summed E-state index contributed by atoms with van der Waals surface area (Å²) in [7, 11) is 0. The van der Waals surface area contributed by atoms with Gasteiger partial charge in [0.25, 0.3) is 5.91 Å². The maximum absolute atomic E-state index is 12.5. The number of aromatic nitrogens is 1. The van der Waals surface area contributed by atoms with Crippen LogP contribution < -0.4 is 5.32 Å². The molecule has 25 heavy (non-hydrogen) atoms. The molecule has 3 aromatic rings. The fraction of sp³-hybridized carbons (Fsp3) is 0.250. The standard InChI is InChI=1S/C20H20ClN3O/c21-16-6-7-18-15(10-16)11-19(23-18)20(25)22-17-8-9-24(13-17)12-14-4-2-1-3-5-14/h1-7,10-11,17,23H,8-9,12-13H2,(H,22,25). The molecule has 1 aliphatic rings. The van der Waals surface area contributed by atoms with E-state index in [1.165, 1.54) is 5.56 Å². The molecular weight excluding hydrogens is 334 g/mol. The van der Waals surface area contributed by atoms with Gasteiger partial charge < -0.3 is 10.3 Å². The summed E-state index contributed by atoms with van der Waals surface area (Å²) in [6.45, 7) is 2.81. The van der Waals surface area contributed by atoms with E-state index < -0.39 is 0 Å². The van der Waals surface area contributed by atoms with Crippen LogP contribution in [0.15, 0.2) is 54.6 Å². The van der Waals surface area contributed by atoms with Gasteiger partial charge in [0.1, 0.15) is 5.69 Å². The summed E-state index contributed by atoms with van der Waals surface area (Å²) in [6.07, 6.45) is 0.977. The van der Waals surface area contributed by atoms with Gasteiger partial charge in [-0.25, -0.2) is 0 Å². The number of nitrogens with zero attached hydrogens (tertiary/aromatic N) is 1. The number of likely N-dealkylation sites (tertiary alicyclic amines) is 1. The zero-order valence-corrected chi connectivity index (χ0v) is 14.6. The molecule has 1 unspecified atom stereocenters. The van der Waals surface area contributed by atoms with E-state index in [0.29, 0.717) is 10.7 Å². The summed E-state index contributed by atoms with van der Waals surface area (Å²) in [5, 5.41) is 4.77. The van der Waals surface area contributed by atoms with E-state index >= 15 is 0 Å². The van der Waals surface area contributed by atoms with E-state index in [1.54, 1.807) is 0 Å². The fourth-order valence-corrected chi connectivity index (χ4v) is 3.61. The molecule has 1 aromatic heterocycles. The number of rotatable bonds is 4. The van der Waals surface area contributed by atoms with Gasteiger partial charge in [0.2, 0.25) is 0 Å². The maximum Gasteiger partial charge on any atom is 0.267 e. The Kier molecular flexibility index (Phi) is 4.47. The molecule has 0 aliphatic carbocycles. The summed E-state index contributed by atoms with van der Waals surface area (Å²) >= 11 is 6.01. The number of fused-ring (bicyclic) bond motifs is 1. The van der Waals surface area contributed by atoms with Crippen LogP contribution in [0.2, 0.25) is 5.02 Å². The minimum absolute atomic E-state index is 0.0566. The van der Waals surface area contributed by atoms with Crippen LogP contribution in [0.1, 0.15) is 22.5 Å². The molecule has 1 fully saturated rings. The second-order valence-corrected chi connectivity index (χ2v) is 7.03. The van der Waals surface area contributed by atoms with Crippen molar-refractivity contribution in [3.05, 3.63) is 70.9 Å². The predicted molar refractivity (Wildman–Crippen MR) is 101 cm³/mol. The van der Waals surface area contributed by atoms with E-state index in [-0.39, 0.29) is 11.9 Å². The molecule has 128 valence electrons. The minimum Gasteiger partial charge on any atom is -0.351 e. The maximum atomic E-state index is 12.5. The third-order valence-corrected chi connectivity index (χ3v) is 4.92. The van der Waals surface area contributed by atoms with Gasteiger partial charge in [0.15, 0.2) is 0 Å². The van der Waals surface area contributed by atoms with Crippen molar-refractivity contribution in [1.29, 1.82) is 0 Å². The third kappa shape index (κ3) is 3.70. The molecule has 1 atom stereocenters. The number of carbonyl (C=O) groups excluding carboxylic acids is 1. The van der Waals surface area contributed by atoms with Gasteiger partial charge in [-0.05, 0) is 36.2 Å². The Morgan fingerprint density at radius 3 is 2.88 bits per heavy atom. The highest BCUT2D eigenvalue weighted by atomic mass is 35.5. The van der Waals surface area contributed by atoms with Crippen molar-refractivity contribution in [3.63, 3.8) is 0 Å². The molecule has 1 saturated heterocycles. The van der Waals surface area contributed by atoms with Crippen LogP contribution in [0, 0.1) is 0 Å². The number of amides is 1. The van der Waals surface area contributed by atoms with Gasteiger partial charge >= 0.3 is 0 Å². The number of aromatic amines is 1. The SMILES string of the molecule is O=C(NC1CCN(Cc2ccccc2)C1)c1cc2cc(Cl)ccc2[nH]1. The number of halogens is 1. The van der Waals surface area contributed by atoms with Crippen molar-refractivity contribution in [2.24, 2.45) is 0 Å². The Bertz CT molecular complexity index is 890. The van der Waals surface area contributed by atoms with Gasteiger partial charge in [-0.1, -0.05) is 41.9 Å². The molecular formula is C20H20ClN3O. The quantitative estimate of drug-likeness (QED) is 0.749. The van der Waals surface area contributed by atoms with Gasteiger partial charge in [-0.3, -0.25) is 9.69 Å². The molecule has 5 heteroatoms. The van der Waals surface area contributed by atoms with E-state index in [4.69, 9.17) is 11.6 Å². The van der Waals surface area contributed by atoms with Crippen molar-refractivity contribution in [3.8, 4) is 0 Å². The van der Waals surface area contributed by atoms with E-state index in [0.717, 1.165) is 37.0 Å². The second kappa shape index (κ2) is 6.90. The Hall–Kier alpha value is -2.30. The lowest BCUT2D eigenvalue weighted by Gasteiger charge is -2.16. The molecule has 2 heterocycles. The number of hydrogen-bond acceptors (Lipinski definition) is 2. The van der Waals surface area contributed by atoms with Crippen molar-refractivity contribution in [2.75, 3.05) is 13.1 Å². The number of hydrogen-bond donors (Lipinski definition) is 2. The third-order valence-electron chi connectivity index (χ3n) is 4.68. The lowest BCUT2D eigenvalue weighted by atomic mass is 10.2. The normalized spacial score (nSPS) is 17.9. The van der Waals surface area contributed by atoms with Crippen molar-refractivity contribution in [2.45, 2.75) is 19.0 Å². The first-order chi connectivity index (χ1) is 12.2. The Morgan fingerprint density at radius 1 is 1.20 bits per heavy atom. The van der Waals surface area contributed by atoms with E-state index in [1.807, 2.05) is 30.3 Å². The number of benzene rings is 2. The first kappa shape index (κ1) is 16.2. The largest absolute Gasteiger partial charge is 0.351 e. The molecule has 1 aliphatic heterocycles. The lowest BCUT2D eigenvalue weighted by molar-refractivity contribution is 0.0933. The predicted octanol–water partition coefficient (Wildman–Crippen LogP) is 3.83. The Labute approximate surface area is 151 Å².